The Morgan fingerprint density at radius 3 is 2.73 bits per heavy atom. The number of carbonyl (C=O) groups is 2. The van der Waals surface area contributed by atoms with Gasteiger partial charge in [0.25, 0.3) is 0 Å². The molecule has 4 atom stereocenters. The monoisotopic (exact) mass is 309 g/mol. The van der Waals surface area contributed by atoms with Crippen LogP contribution in [0.15, 0.2) is 0 Å². The van der Waals surface area contributed by atoms with Crippen LogP contribution >= 0.6 is 0 Å². The van der Waals surface area contributed by atoms with Crippen molar-refractivity contribution in [3.8, 4) is 0 Å². The van der Waals surface area contributed by atoms with Crippen molar-refractivity contribution >= 4 is 11.9 Å². The standard InChI is InChI=1S/C17H27NO4/c1-22-11-17(16(20)21)5-2-6-18(10-17)15(19)9-14-8-12-3-4-13(14)7-12/h12-14H,2-11H2,1H3,(H,20,21). The number of fused-ring (bicyclic) bond motifs is 2. The average Bonchev–Trinajstić information content (AvgIpc) is 3.10. The lowest BCUT2D eigenvalue weighted by Crippen LogP contribution is -2.52. The first-order valence-electron chi connectivity index (χ1n) is 8.54. The zero-order chi connectivity index (χ0) is 15.7. The molecule has 3 fully saturated rings. The van der Waals surface area contributed by atoms with Crippen LogP contribution in [0.1, 0.15) is 44.9 Å². The highest BCUT2D eigenvalue weighted by molar-refractivity contribution is 5.80. The molecule has 2 bridgehead atoms. The first-order chi connectivity index (χ1) is 10.5. The van der Waals surface area contributed by atoms with E-state index in [9.17, 15) is 14.7 Å². The van der Waals surface area contributed by atoms with Gasteiger partial charge in [0.05, 0.1) is 6.61 Å². The van der Waals surface area contributed by atoms with Crippen LogP contribution in [0, 0.1) is 23.2 Å². The molecule has 0 spiro atoms. The SMILES string of the molecule is COCC1(C(=O)O)CCCN(C(=O)CC2CC3CCC2C3)C1. The summed E-state index contributed by atoms with van der Waals surface area (Å²) >= 11 is 0. The van der Waals surface area contributed by atoms with E-state index >= 15 is 0 Å². The Bertz CT molecular complexity index is 448. The maximum atomic E-state index is 12.6. The highest BCUT2D eigenvalue weighted by Gasteiger charge is 2.45. The summed E-state index contributed by atoms with van der Waals surface area (Å²) in [5.41, 5.74) is -0.919. The van der Waals surface area contributed by atoms with Gasteiger partial charge in [-0.15, -0.1) is 0 Å². The number of piperidine rings is 1. The summed E-state index contributed by atoms with van der Waals surface area (Å²) in [4.78, 5) is 26.1. The molecule has 1 aliphatic heterocycles. The lowest BCUT2D eigenvalue weighted by molar-refractivity contribution is -0.159. The molecule has 1 N–H and O–H groups in total. The minimum atomic E-state index is -0.919. The van der Waals surface area contributed by atoms with E-state index in [1.54, 1.807) is 4.90 Å². The minimum absolute atomic E-state index is 0.152. The molecule has 124 valence electrons. The number of hydrogen-bond donors (Lipinski definition) is 1. The van der Waals surface area contributed by atoms with Gasteiger partial charge in [-0.1, -0.05) is 6.42 Å². The fourth-order valence-corrected chi connectivity index (χ4v) is 4.95. The third kappa shape index (κ3) is 2.87. The Balaban J connectivity index is 1.61. The molecule has 4 unspecified atom stereocenters. The van der Waals surface area contributed by atoms with Gasteiger partial charge in [0.2, 0.25) is 5.91 Å². The molecule has 1 saturated heterocycles. The molecule has 0 aromatic heterocycles. The molecule has 3 aliphatic rings. The topological polar surface area (TPSA) is 66.8 Å². The summed E-state index contributed by atoms with van der Waals surface area (Å²) in [6.45, 7) is 1.18. The van der Waals surface area contributed by atoms with E-state index < -0.39 is 11.4 Å². The quantitative estimate of drug-likeness (QED) is 0.845. The summed E-state index contributed by atoms with van der Waals surface area (Å²) in [6, 6.07) is 0. The molecule has 5 nitrogen and oxygen atoms in total. The number of aliphatic carboxylic acids is 1. The summed E-state index contributed by atoms with van der Waals surface area (Å²) in [5, 5.41) is 9.57. The molecule has 1 amide bonds. The van der Waals surface area contributed by atoms with E-state index in [4.69, 9.17) is 4.74 Å². The van der Waals surface area contributed by atoms with Crippen molar-refractivity contribution in [1.29, 1.82) is 0 Å². The highest BCUT2D eigenvalue weighted by atomic mass is 16.5. The summed E-state index contributed by atoms with van der Waals surface area (Å²) < 4.78 is 5.13. The van der Waals surface area contributed by atoms with Gasteiger partial charge < -0.3 is 14.7 Å². The first kappa shape index (κ1) is 15.8. The molecule has 0 aromatic carbocycles. The van der Waals surface area contributed by atoms with Crippen molar-refractivity contribution in [3.63, 3.8) is 0 Å². The molecule has 0 aromatic rings. The zero-order valence-corrected chi connectivity index (χ0v) is 13.4. The molecular formula is C17H27NO4. The van der Waals surface area contributed by atoms with Gasteiger partial charge in [-0.3, -0.25) is 9.59 Å². The van der Waals surface area contributed by atoms with Crippen molar-refractivity contribution in [2.45, 2.75) is 44.9 Å². The molecule has 2 aliphatic carbocycles. The van der Waals surface area contributed by atoms with Gasteiger partial charge in [0.15, 0.2) is 0 Å². The highest BCUT2D eigenvalue weighted by Crippen LogP contribution is 2.49. The minimum Gasteiger partial charge on any atom is -0.481 e. The van der Waals surface area contributed by atoms with Crippen LogP contribution in [0.3, 0.4) is 0 Å². The Labute approximate surface area is 132 Å². The second-order valence-electron chi connectivity index (χ2n) is 7.58. The smallest absolute Gasteiger partial charge is 0.313 e. The predicted octanol–water partition coefficient (Wildman–Crippen LogP) is 2.15. The number of carboxylic acids is 1. The van der Waals surface area contributed by atoms with Crippen molar-refractivity contribution in [2.24, 2.45) is 23.2 Å². The Morgan fingerprint density at radius 2 is 2.14 bits per heavy atom. The fraction of sp³-hybridized carbons (Fsp3) is 0.882. The van der Waals surface area contributed by atoms with Crippen LogP contribution in [0.2, 0.25) is 0 Å². The van der Waals surface area contributed by atoms with E-state index in [0.717, 1.165) is 18.3 Å². The Morgan fingerprint density at radius 1 is 1.32 bits per heavy atom. The van der Waals surface area contributed by atoms with Gasteiger partial charge in [0.1, 0.15) is 5.41 Å². The summed E-state index contributed by atoms with van der Waals surface area (Å²) in [6.07, 6.45) is 7.09. The number of methoxy groups -OCH3 is 1. The van der Waals surface area contributed by atoms with E-state index in [1.807, 2.05) is 0 Å². The normalized spacial score (nSPS) is 37.5. The Kier molecular flexibility index (Phi) is 4.44. The van der Waals surface area contributed by atoms with Crippen LogP contribution in [-0.4, -0.2) is 48.7 Å². The number of nitrogens with zero attached hydrogens (tertiary/aromatic N) is 1. The average molecular weight is 309 g/mol. The van der Waals surface area contributed by atoms with Crippen molar-refractivity contribution in [1.82, 2.24) is 4.90 Å². The number of ether oxygens (including phenoxy) is 1. The van der Waals surface area contributed by atoms with E-state index in [0.29, 0.717) is 31.8 Å². The molecular weight excluding hydrogens is 282 g/mol. The molecule has 0 radical (unpaired) electrons. The van der Waals surface area contributed by atoms with Crippen LogP contribution < -0.4 is 0 Å². The van der Waals surface area contributed by atoms with Gasteiger partial charge in [-0.2, -0.15) is 0 Å². The van der Waals surface area contributed by atoms with E-state index in [1.165, 1.54) is 32.8 Å². The number of carboxylic acid groups (broad SMARTS) is 1. The number of amides is 1. The molecule has 1 heterocycles. The summed E-state index contributed by atoms with van der Waals surface area (Å²) in [7, 11) is 1.53. The first-order valence-corrected chi connectivity index (χ1v) is 8.54. The van der Waals surface area contributed by atoms with Crippen molar-refractivity contribution in [3.05, 3.63) is 0 Å². The third-order valence-corrected chi connectivity index (χ3v) is 6.13. The van der Waals surface area contributed by atoms with Crippen LogP contribution in [0.5, 0.6) is 0 Å². The summed E-state index contributed by atoms with van der Waals surface area (Å²) in [5.74, 6) is 1.43. The van der Waals surface area contributed by atoms with Gasteiger partial charge in [-0.25, -0.2) is 0 Å². The number of rotatable bonds is 5. The maximum absolute atomic E-state index is 12.6. The van der Waals surface area contributed by atoms with Crippen molar-refractivity contribution in [2.75, 3.05) is 26.8 Å². The van der Waals surface area contributed by atoms with Crippen molar-refractivity contribution < 1.29 is 19.4 Å². The molecule has 3 rings (SSSR count). The van der Waals surface area contributed by atoms with Gasteiger partial charge in [-0.05, 0) is 49.9 Å². The fourth-order valence-electron chi connectivity index (χ4n) is 4.95. The van der Waals surface area contributed by atoms with Crippen LogP contribution in [0.4, 0.5) is 0 Å². The predicted molar refractivity (Wildman–Crippen MR) is 81.3 cm³/mol. The number of likely N-dealkylation sites (tertiary alicyclic amines) is 1. The van der Waals surface area contributed by atoms with Crippen LogP contribution in [-0.2, 0) is 14.3 Å². The maximum Gasteiger partial charge on any atom is 0.313 e. The third-order valence-electron chi connectivity index (χ3n) is 6.13. The lowest BCUT2D eigenvalue weighted by atomic mass is 9.80. The van der Waals surface area contributed by atoms with Gasteiger partial charge in [0, 0.05) is 26.6 Å². The number of hydrogen-bond acceptors (Lipinski definition) is 3. The second kappa shape index (κ2) is 6.19. The largest absolute Gasteiger partial charge is 0.481 e. The lowest BCUT2D eigenvalue weighted by Gasteiger charge is -2.40. The second-order valence-corrected chi connectivity index (χ2v) is 7.58. The zero-order valence-electron chi connectivity index (χ0n) is 13.4. The van der Waals surface area contributed by atoms with Gasteiger partial charge >= 0.3 is 5.97 Å². The molecule has 5 heteroatoms. The number of carbonyl (C=O) groups excluding carboxylic acids is 1. The molecule has 2 saturated carbocycles. The Hall–Kier alpha value is -1.10. The van der Waals surface area contributed by atoms with E-state index in [2.05, 4.69) is 0 Å². The molecule has 22 heavy (non-hydrogen) atoms. The van der Waals surface area contributed by atoms with E-state index in [-0.39, 0.29) is 12.5 Å². The van der Waals surface area contributed by atoms with Crippen LogP contribution in [0.25, 0.3) is 0 Å².